The van der Waals surface area contributed by atoms with Gasteiger partial charge < -0.3 is 9.80 Å². The van der Waals surface area contributed by atoms with E-state index in [1.54, 1.807) is 43.4 Å². The van der Waals surface area contributed by atoms with Crippen molar-refractivity contribution in [3.63, 3.8) is 0 Å². The van der Waals surface area contributed by atoms with Gasteiger partial charge in [-0.3, -0.25) is 14.6 Å². The van der Waals surface area contributed by atoms with Crippen molar-refractivity contribution in [3.8, 4) is 0 Å². The van der Waals surface area contributed by atoms with Gasteiger partial charge in [0.15, 0.2) is 0 Å². The summed E-state index contributed by atoms with van der Waals surface area (Å²) in [6, 6.07) is 6.99. The number of benzene rings is 1. The number of halogens is 1. The predicted octanol–water partition coefficient (Wildman–Crippen LogP) is 2.64. The number of fused-ring (bicyclic) bond motifs is 1. The van der Waals surface area contributed by atoms with Crippen molar-refractivity contribution in [1.82, 2.24) is 9.88 Å². The van der Waals surface area contributed by atoms with Crippen LogP contribution in [0.1, 0.15) is 26.3 Å². The van der Waals surface area contributed by atoms with E-state index in [2.05, 4.69) is 4.98 Å². The van der Waals surface area contributed by atoms with E-state index in [-0.39, 0.29) is 11.8 Å². The van der Waals surface area contributed by atoms with E-state index in [4.69, 9.17) is 11.6 Å². The Morgan fingerprint density at radius 1 is 1.26 bits per heavy atom. The summed E-state index contributed by atoms with van der Waals surface area (Å²) in [5, 5.41) is 0.630. The molecule has 2 amide bonds. The van der Waals surface area contributed by atoms with Crippen molar-refractivity contribution in [2.45, 2.75) is 6.42 Å². The maximum atomic E-state index is 12.7. The highest BCUT2D eigenvalue weighted by atomic mass is 35.5. The minimum atomic E-state index is -0.143. The van der Waals surface area contributed by atoms with Gasteiger partial charge in [0.1, 0.15) is 0 Å². The first-order chi connectivity index (χ1) is 11.0. The van der Waals surface area contributed by atoms with E-state index >= 15 is 0 Å². The third-order valence-electron chi connectivity index (χ3n) is 3.84. The van der Waals surface area contributed by atoms with Crippen LogP contribution in [0.25, 0.3) is 0 Å². The molecule has 0 unspecified atom stereocenters. The van der Waals surface area contributed by atoms with Crippen LogP contribution in [-0.2, 0) is 6.42 Å². The quantitative estimate of drug-likeness (QED) is 0.851. The topological polar surface area (TPSA) is 53.5 Å². The second-order valence-electron chi connectivity index (χ2n) is 5.64. The summed E-state index contributed by atoms with van der Waals surface area (Å²) >= 11 is 5.99. The normalized spacial score (nSPS) is 13.7. The van der Waals surface area contributed by atoms with Crippen LogP contribution in [0.4, 0.5) is 5.69 Å². The monoisotopic (exact) mass is 329 g/mol. The number of carbonyl (C=O) groups is 2. The largest absolute Gasteiger partial charge is 0.345 e. The molecule has 1 aliphatic rings. The molecule has 23 heavy (non-hydrogen) atoms. The van der Waals surface area contributed by atoms with Crippen molar-refractivity contribution >= 4 is 29.1 Å². The molecule has 1 aliphatic heterocycles. The second kappa shape index (κ2) is 6.01. The molecule has 0 radical (unpaired) electrons. The van der Waals surface area contributed by atoms with Crippen LogP contribution in [0.15, 0.2) is 36.7 Å². The molecule has 6 heteroatoms. The molecule has 0 N–H and O–H groups in total. The minimum absolute atomic E-state index is 0.0980. The second-order valence-corrected chi connectivity index (χ2v) is 6.08. The molecular formula is C17H16ClN3O2. The zero-order valence-electron chi connectivity index (χ0n) is 12.9. The molecule has 2 heterocycles. The average molecular weight is 330 g/mol. The zero-order chi connectivity index (χ0) is 16.6. The molecule has 3 rings (SSSR count). The van der Waals surface area contributed by atoms with Gasteiger partial charge in [-0.25, -0.2) is 0 Å². The maximum Gasteiger partial charge on any atom is 0.258 e. The van der Waals surface area contributed by atoms with Gasteiger partial charge in [-0.2, -0.15) is 0 Å². The molecule has 0 saturated heterocycles. The maximum absolute atomic E-state index is 12.7. The Morgan fingerprint density at radius 3 is 2.78 bits per heavy atom. The highest BCUT2D eigenvalue weighted by Gasteiger charge is 2.26. The van der Waals surface area contributed by atoms with E-state index < -0.39 is 0 Å². The van der Waals surface area contributed by atoms with Gasteiger partial charge in [-0.05, 0) is 36.2 Å². The van der Waals surface area contributed by atoms with E-state index in [0.29, 0.717) is 34.8 Å². The third kappa shape index (κ3) is 2.92. The average Bonchev–Trinajstić information content (AvgIpc) is 2.54. The van der Waals surface area contributed by atoms with Crippen LogP contribution in [0.3, 0.4) is 0 Å². The SMILES string of the molecule is CN(C)C(=O)c1cncc(N2CCc3cc(Cl)ccc3C2=O)c1. The van der Waals surface area contributed by atoms with Crippen molar-refractivity contribution in [2.24, 2.45) is 0 Å². The first-order valence-electron chi connectivity index (χ1n) is 7.24. The fourth-order valence-corrected chi connectivity index (χ4v) is 2.85. The summed E-state index contributed by atoms with van der Waals surface area (Å²) in [6.07, 6.45) is 3.83. The van der Waals surface area contributed by atoms with Gasteiger partial charge in [0.25, 0.3) is 11.8 Å². The summed E-state index contributed by atoms with van der Waals surface area (Å²) in [5.41, 5.74) is 2.68. The molecule has 0 aliphatic carbocycles. The molecule has 0 bridgehead atoms. The summed E-state index contributed by atoms with van der Waals surface area (Å²) < 4.78 is 0. The van der Waals surface area contributed by atoms with Gasteiger partial charge in [-0.15, -0.1) is 0 Å². The molecule has 0 spiro atoms. The van der Waals surface area contributed by atoms with E-state index in [1.807, 2.05) is 6.07 Å². The van der Waals surface area contributed by atoms with Crippen molar-refractivity contribution in [1.29, 1.82) is 0 Å². The number of carbonyl (C=O) groups excluding carboxylic acids is 2. The third-order valence-corrected chi connectivity index (χ3v) is 4.07. The Kier molecular flexibility index (Phi) is 4.05. The highest BCUT2D eigenvalue weighted by molar-refractivity contribution is 6.30. The molecular weight excluding hydrogens is 314 g/mol. The first-order valence-corrected chi connectivity index (χ1v) is 7.62. The first kappa shape index (κ1) is 15.5. The number of rotatable bonds is 2. The Bertz CT molecular complexity index is 789. The Morgan fingerprint density at radius 2 is 2.04 bits per heavy atom. The molecule has 1 aromatic heterocycles. The van der Waals surface area contributed by atoms with Gasteiger partial charge in [0.2, 0.25) is 0 Å². The molecule has 0 atom stereocenters. The van der Waals surface area contributed by atoms with Gasteiger partial charge >= 0.3 is 0 Å². The van der Waals surface area contributed by atoms with Gasteiger partial charge in [0.05, 0.1) is 17.4 Å². The molecule has 2 aromatic rings. The molecule has 0 saturated carbocycles. The lowest BCUT2D eigenvalue weighted by Crippen LogP contribution is -2.37. The summed E-state index contributed by atoms with van der Waals surface area (Å²) in [7, 11) is 3.36. The number of hydrogen-bond acceptors (Lipinski definition) is 3. The number of hydrogen-bond donors (Lipinski definition) is 0. The number of aromatic nitrogens is 1. The summed E-state index contributed by atoms with van der Waals surface area (Å²) in [5.74, 6) is -0.241. The van der Waals surface area contributed by atoms with Crippen LogP contribution in [0.2, 0.25) is 5.02 Å². The number of nitrogens with zero attached hydrogens (tertiary/aromatic N) is 3. The number of amides is 2. The standard InChI is InChI=1S/C17H16ClN3O2/c1-20(2)16(22)12-8-14(10-19-9-12)21-6-5-11-7-13(18)3-4-15(11)17(21)23/h3-4,7-10H,5-6H2,1-2H3. The Labute approximate surface area is 139 Å². The van der Waals surface area contributed by atoms with Gasteiger partial charge in [0, 0.05) is 37.4 Å². The smallest absolute Gasteiger partial charge is 0.258 e. The van der Waals surface area contributed by atoms with Crippen LogP contribution in [-0.4, -0.2) is 42.3 Å². The van der Waals surface area contributed by atoms with E-state index in [1.165, 1.54) is 11.1 Å². The van der Waals surface area contributed by atoms with E-state index in [9.17, 15) is 9.59 Å². The molecule has 118 valence electrons. The van der Waals surface area contributed by atoms with Crippen LogP contribution >= 0.6 is 11.6 Å². The lowest BCUT2D eigenvalue weighted by molar-refractivity contribution is 0.0826. The van der Waals surface area contributed by atoms with Crippen molar-refractivity contribution in [2.75, 3.05) is 25.5 Å². The lowest BCUT2D eigenvalue weighted by atomic mass is 9.98. The minimum Gasteiger partial charge on any atom is -0.345 e. The van der Waals surface area contributed by atoms with Crippen LogP contribution in [0, 0.1) is 0 Å². The summed E-state index contributed by atoms with van der Waals surface area (Å²) in [4.78, 5) is 32.0. The van der Waals surface area contributed by atoms with Gasteiger partial charge in [-0.1, -0.05) is 11.6 Å². The number of pyridine rings is 1. The lowest BCUT2D eigenvalue weighted by Gasteiger charge is -2.28. The van der Waals surface area contributed by atoms with Crippen LogP contribution < -0.4 is 4.90 Å². The highest BCUT2D eigenvalue weighted by Crippen LogP contribution is 2.26. The fourth-order valence-electron chi connectivity index (χ4n) is 2.65. The Hall–Kier alpha value is -2.40. The fraction of sp³-hybridized carbons (Fsp3) is 0.235. The molecule has 1 aromatic carbocycles. The number of anilines is 1. The zero-order valence-corrected chi connectivity index (χ0v) is 13.7. The van der Waals surface area contributed by atoms with Crippen molar-refractivity contribution in [3.05, 3.63) is 58.4 Å². The van der Waals surface area contributed by atoms with Crippen LogP contribution in [0.5, 0.6) is 0 Å². The molecule has 0 fully saturated rings. The Balaban J connectivity index is 1.94. The van der Waals surface area contributed by atoms with Crippen molar-refractivity contribution < 1.29 is 9.59 Å². The van der Waals surface area contributed by atoms with E-state index in [0.717, 1.165) is 5.56 Å². The molecule has 5 nitrogen and oxygen atoms in total. The summed E-state index contributed by atoms with van der Waals surface area (Å²) in [6.45, 7) is 0.535. The predicted molar refractivity (Wildman–Crippen MR) is 89.1 cm³/mol.